The van der Waals surface area contributed by atoms with Crippen LogP contribution < -0.4 is 9.80 Å². The molecule has 2 aromatic carbocycles. The molecule has 0 aliphatic carbocycles. The Balaban J connectivity index is 1.68. The number of carbonyl (C=O) groups is 3. The first-order valence-electron chi connectivity index (χ1n) is 11.3. The highest BCUT2D eigenvalue weighted by atomic mass is 35.5. The molecule has 0 radical (unpaired) electrons. The van der Waals surface area contributed by atoms with Gasteiger partial charge in [0.15, 0.2) is 5.78 Å². The van der Waals surface area contributed by atoms with Crippen LogP contribution in [0.3, 0.4) is 0 Å². The van der Waals surface area contributed by atoms with E-state index in [1.54, 1.807) is 24.3 Å². The molecule has 6 heteroatoms. The van der Waals surface area contributed by atoms with Crippen LogP contribution in [0, 0.1) is 24.2 Å². The number of carbonyl (C=O) groups excluding carboxylic acids is 3. The van der Waals surface area contributed by atoms with Crippen LogP contribution >= 0.6 is 11.6 Å². The number of anilines is 2. The maximum atomic E-state index is 13.8. The van der Waals surface area contributed by atoms with E-state index in [1.807, 2.05) is 51.7 Å². The predicted octanol–water partition coefficient (Wildman–Crippen LogP) is 5.04. The minimum absolute atomic E-state index is 0.0291. The number of amides is 2. The normalized spacial score (nSPS) is 26.2. The van der Waals surface area contributed by atoms with Crippen molar-refractivity contribution < 1.29 is 14.4 Å². The topological polar surface area (TPSA) is 57.7 Å². The van der Waals surface area contributed by atoms with Crippen molar-refractivity contribution in [3.05, 3.63) is 64.7 Å². The lowest BCUT2D eigenvalue weighted by Gasteiger charge is -2.39. The van der Waals surface area contributed by atoms with Crippen molar-refractivity contribution in [2.45, 2.75) is 46.7 Å². The van der Waals surface area contributed by atoms with E-state index >= 15 is 0 Å². The Bertz CT molecular complexity index is 1220. The summed E-state index contributed by atoms with van der Waals surface area (Å²) in [5.74, 6) is -1.95. The fraction of sp³-hybridized carbons (Fsp3) is 0.370. The van der Waals surface area contributed by atoms with E-state index in [4.69, 9.17) is 11.6 Å². The van der Waals surface area contributed by atoms with Gasteiger partial charge in [0, 0.05) is 21.7 Å². The van der Waals surface area contributed by atoms with E-state index in [-0.39, 0.29) is 23.6 Å². The fourth-order valence-electron chi connectivity index (χ4n) is 5.54. The van der Waals surface area contributed by atoms with Crippen molar-refractivity contribution in [2.75, 3.05) is 9.80 Å². The Labute approximate surface area is 199 Å². The highest BCUT2D eigenvalue weighted by Gasteiger charge is 2.65. The van der Waals surface area contributed by atoms with Crippen molar-refractivity contribution in [2.24, 2.45) is 17.3 Å². The second-order valence-electron chi connectivity index (χ2n) is 10.4. The van der Waals surface area contributed by atoms with E-state index in [1.165, 1.54) is 4.90 Å². The van der Waals surface area contributed by atoms with Crippen LogP contribution in [-0.4, -0.2) is 29.7 Å². The minimum atomic E-state index is -0.735. The summed E-state index contributed by atoms with van der Waals surface area (Å²) in [6.45, 7) is 9.68. The number of ketones is 1. The smallest absolute Gasteiger partial charge is 0.240 e. The Morgan fingerprint density at radius 2 is 1.58 bits per heavy atom. The summed E-state index contributed by atoms with van der Waals surface area (Å²) < 4.78 is 0. The van der Waals surface area contributed by atoms with E-state index in [0.29, 0.717) is 10.7 Å². The van der Waals surface area contributed by atoms with Crippen LogP contribution in [0.4, 0.5) is 11.4 Å². The Morgan fingerprint density at radius 3 is 2.21 bits per heavy atom. The molecule has 0 saturated carbocycles. The number of hydrogen-bond acceptors (Lipinski definition) is 4. The summed E-state index contributed by atoms with van der Waals surface area (Å²) in [7, 11) is 0. The van der Waals surface area contributed by atoms with Gasteiger partial charge in [0.1, 0.15) is 6.04 Å². The molecular weight excluding hydrogens is 436 g/mol. The maximum absolute atomic E-state index is 13.8. The van der Waals surface area contributed by atoms with Crippen molar-refractivity contribution in [3.63, 3.8) is 0 Å². The quantitative estimate of drug-likeness (QED) is 0.586. The molecule has 2 aromatic rings. The van der Waals surface area contributed by atoms with Crippen LogP contribution in [-0.2, 0) is 14.4 Å². The molecule has 0 aromatic heterocycles. The third kappa shape index (κ3) is 3.17. The van der Waals surface area contributed by atoms with E-state index in [9.17, 15) is 14.4 Å². The summed E-state index contributed by atoms with van der Waals surface area (Å²) >= 11 is 6.02. The third-order valence-electron chi connectivity index (χ3n) is 7.10. The van der Waals surface area contributed by atoms with Crippen LogP contribution in [0.5, 0.6) is 0 Å². The molecule has 0 unspecified atom stereocenters. The second-order valence-corrected chi connectivity index (χ2v) is 10.8. The highest BCUT2D eigenvalue weighted by Crippen LogP contribution is 2.51. The summed E-state index contributed by atoms with van der Waals surface area (Å²) in [5.41, 5.74) is 3.97. The summed E-state index contributed by atoms with van der Waals surface area (Å²) in [5, 5.41) is 0.530. The number of allylic oxidation sites excluding steroid dienone is 1. The van der Waals surface area contributed by atoms with Crippen molar-refractivity contribution in [1.29, 1.82) is 0 Å². The third-order valence-corrected chi connectivity index (χ3v) is 7.35. The highest BCUT2D eigenvalue weighted by molar-refractivity contribution is 6.31. The lowest BCUT2D eigenvalue weighted by atomic mass is 9.79. The molecule has 170 valence electrons. The van der Waals surface area contributed by atoms with Crippen molar-refractivity contribution in [3.8, 4) is 0 Å². The summed E-state index contributed by atoms with van der Waals surface area (Å²) in [6, 6.07) is 11.8. The first kappa shape index (κ1) is 21.9. The van der Waals surface area contributed by atoms with Crippen LogP contribution in [0.25, 0.3) is 5.57 Å². The van der Waals surface area contributed by atoms with Gasteiger partial charge < -0.3 is 4.90 Å². The number of imide groups is 1. The SMILES string of the molecule is CC1=C[C@@H]2[C@@H]3C(=O)N(c4ccc(Cl)cc4)C(=O)[C@@H]3[C@@H](C(=O)C(C)(C)C)N2c2ccc(C)cc21. The molecular formula is C27H27ClN2O3. The van der Waals surface area contributed by atoms with Gasteiger partial charge in [-0.05, 0) is 55.8 Å². The maximum Gasteiger partial charge on any atom is 0.240 e. The average Bonchev–Trinajstić information content (AvgIpc) is 3.21. The van der Waals surface area contributed by atoms with Crippen molar-refractivity contribution >= 4 is 46.1 Å². The lowest BCUT2D eigenvalue weighted by molar-refractivity contribution is -0.132. The zero-order valence-corrected chi connectivity index (χ0v) is 20.2. The average molecular weight is 463 g/mol. The van der Waals surface area contributed by atoms with E-state index in [2.05, 4.69) is 12.1 Å². The van der Waals surface area contributed by atoms with Gasteiger partial charge in [0.2, 0.25) is 11.8 Å². The van der Waals surface area contributed by atoms with Crippen LogP contribution in [0.2, 0.25) is 5.02 Å². The van der Waals surface area contributed by atoms with Gasteiger partial charge in [-0.1, -0.05) is 50.1 Å². The molecule has 33 heavy (non-hydrogen) atoms. The molecule has 3 heterocycles. The van der Waals surface area contributed by atoms with Crippen LogP contribution in [0.1, 0.15) is 38.8 Å². The predicted molar refractivity (Wildman–Crippen MR) is 130 cm³/mol. The van der Waals surface area contributed by atoms with Crippen LogP contribution in [0.15, 0.2) is 48.5 Å². The molecule has 5 rings (SSSR count). The van der Waals surface area contributed by atoms with Gasteiger partial charge >= 0.3 is 0 Å². The Hall–Kier alpha value is -2.92. The number of hydrogen-bond donors (Lipinski definition) is 0. The van der Waals surface area contributed by atoms with Gasteiger partial charge in [-0.15, -0.1) is 0 Å². The second kappa shape index (κ2) is 7.29. The summed E-state index contributed by atoms with van der Waals surface area (Å²) in [4.78, 5) is 44.6. The molecule has 2 saturated heterocycles. The molecule has 2 amide bonds. The molecule has 0 bridgehead atoms. The van der Waals surface area contributed by atoms with Gasteiger partial charge in [-0.2, -0.15) is 0 Å². The zero-order valence-electron chi connectivity index (χ0n) is 19.4. The van der Waals surface area contributed by atoms with Crippen molar-refractivity contribution in [1.82, 2.24) is 0 Å². The largest absolute Gasteiger partial charge is 0.353 e. The van der Waals surface area contributed by atoms with E-state index < -0.39 is 23.3 Å². The molecule has 3 aliphatic heterocycles. The van der Waals surface area contributed by atoms with Gasteiger partial charge in [-0.25, -0.2) is 4.90 Å². The molecule has 5 nitrogen and oxygen atoms in total. The molecule has 0 spiro atoms. The molecule has 2 fully saturated rings. The van der Waals surface area contributed by atoms with E-state index in [0.717, 1.165) is 22.4 Å². The number of aryl methyl sites for hydroxylation is 1. The number of Topliss-reactive ketones (excluding diaryl/α,β-unsaturated/α-hetero) is 1. The minimum Gasteiger partial charge on any atom is -0.353 e. The Morgan fingerprint density at radius 1 is 0.939 bits per heavy atom. The molecule has 4 atom stereocenters. The lowest BCUT2D eigenvalue weighted by Crippen LogP contribution is -2.51. The standard InChI is InChI=1S/C27H27ClN2O3/c1-14-6-11-19-18(12-14)15(2)13-20-21-22(23(30(19)20)24(31)27(3,4)5)26(33)29(25(21)32)17-9-7-16(28)8-10-17/h6-13,20-23H,1-5H3/t20-,21+,22+,23+/m1/s1. The number of nitrogens with zero attached hydrogens (tertiary/aromatic N) is 2. The number of rotatable bonds is 2. The zero-order chi connectivity index (χ0) is 23.8. The van der Waals surface area contributed by atoms with Gasteiger partial charge in [0.05, 0.1) is 23.6 Å². The summed E-state index contributed by atoms with van der Waals surface area (Å²) in [6.07, 6.45) is 2.06. The monoisotopic (exact) mass is 462 g/mol. The number of fused-ring (bicyclic) bond motifs is 5. The van der Waals surface area contributed by atoms with Gasteiger partial charge in [0.25, 0.3) is 0 Å². The van der Waals surface area contributed by atoms with Gasteiger partial charge in [-0.3, -0.25) is 14.4 Å². The molecule has 3 aliphatic rings. The number of benzene rings is 2. The Kier molecular flexibility index (Phi) is 4.84. The number of halogens is 1. The fourth-order valence-corrected chi connectivity index (χ4v) is 5.67. The first-order chi connectivity index (χ1) is 15.5. The first-order valence-corrected chi connectivity index (χ1v) is 11.6. The molecule has 0 N–H and O–H groups in total.